The molecule has 0 saturated carbocycles. The van der Waals surface area contributed by atoms with Crippen LogP contribution in [-0.2, 0) is 14.1 Å². The lowest BCUT2D eigenvalue weighted by molar-refractivity contribution is -0.691. The molecule has 6 nitrogen and oxygen atoms in total. The summed E-state index contributed by atoms with van der Waals surface area (Å²) in [6.45, 7) is 1.90. The third-order valence-corrected chi connectivity index (χ3v) is 4.94. The van der Waals surface area contributed by atoms with Gasteiger partial charge in [-0.3, -0.25) is 5.01 Å². The van der Waals surface area contributed by atoms with E-state index in [4.69, 9.17) is 4.42 Å². The van der Waals surface area contributed by atoms with E-state index in [1.54, 1.807) is 34.5 Å². The number of hydrogen-bond acceptors (Lipinski definition) is 4. The van der Waals surface area contributed by atoms with Gasteiger partial charge < -0.3 is 4.42 Å². The van der Waals surface area contributed by atoms with E-state index in [1.165, 1.54) is 0 Å². The number of benzene rings is 2. The number of aromatic nitrogens is 2. The molecule has 0 amide bonds. The molecule has 0 radical (unpaired) electrons. The molecule has 136 valence electrons. The minimum atomic E-state index is -0.0783. The summed E-state index contributed by atoms with van der Waals surface area (Å²) in [5, 5.41) is 8.44. The van der Waals surface area contributed by atoms with Crippen molar-refractivity contribution in [2.24, 2.45) is 19.2 Å². The summed E-state index contributed by atoms with van der Waals surface area (Å²) in [7, 11) is 5.38. The largest absolute Gasteiger partial charge is 0.498 e. The molecule has 2 heterocycles. The summed E-state index contributed by atoms with van der Waals surface area (Å²) in [6, 6.07) is 15.9. The van der Waals surface area contributed by atoms with Crippen molar-refractivity contribution in [3.8, 4) is 0 Å². The molecule has 2 aromatic carbocycles. The van der Waals surface area contributed by atoms with Crippen LogP contribution in [0.2, 0.25) is 0 Å². The van der Waals surface area contributed by atoms with Crippen molar-refractivity contribution in [3.63, 3.8) is 0 Å². The molecule has 27 heavy (non-hydrogen) atoms. The van der Waals surface area contributed by atoms with Gasteiger partial charge in [-0.2, -0.15) is 19.0 Å². The summed E-state index contributed by atoms with van der Waals surface area (Å²) in [5.41, 5.74) is 4.22. The van der Waals surface area contributed by atoms with Crippen molar-refractivity contribution in [2.75, 3.05) is 12.1 Å². The molecule has 0 bridgehead atoms. The van der Waals surface area contributed by atoms with E-state index in [0.29, 0.717) is 0 Å². The summed E-state index contributed by atoms with van der Waals surface area (Å²) >= 11 is 0. The number of fused-ring (bicyclic) bond motifs is 3. The molecule has 2 aromatic heterocycles. The van der Waals surface area contributed by atoms with Crippen LogP contribution < -0.4 is 15.3 Å². The summed E-state index contributed by atoms with van der Waals surface area (Å²) in [5.74, 6) is 0. The Hall–Kier alpha value is -3.41. The second-order valence-electron chi connectivity index (χ2n) is 6.66. The number of hydrazone groups is 1. The smallest absolute Gasteiger partial charge is 0.456 e. The highest BCUT2D eigenvalue weighted by molar-refractivity contribution is 6.05. The van der Waals surface area contributed by atoms with Crippen molar-refractivity contribution < 1.29 is 8.98 Å². The predicted molar refractivity (Wildman–Crippen MR) is 107 cm³/mol. The van der Waals surface area contributed by atoms with Crippen molar-refractivity contribution in [1.29, 1.82) is 0 Å². The first-order valence-electron chi connectivity index (χ1n) is 8.71. The van der Waals surface area contributed by atoms with Crippen molar-refractivity contribution >= 4 is 33.8 Å². The highest BCUT2D eigenvalue weighted by Gasteiger charge is 2.13. The Balaban J connectivity index is 1.71. The maximum Gasteiger partial charge on any atom is 0.498 e. The molecule has 0 atom stereocenters. The zero-order valence-electron chi connectivity index (χ0n) is 15.8. The molecule has 4 rings (SSSR count). The third-order valence-electron chi connectivity index (χ3n) is 4.94. The van der Waals surface area contributed by atoms with Crippen molar-refractivity contribution in [2.45, 2.75) is 6.92 Å². The number of anilines is 1. The Morgan fingerprint density at radius 2 is 1.85 bits per heavy atom. The Morgan fingerprint density at radius 3 is 2.67 bits per heavy atom. The first-order chi connectivity index (χ1) is 13.0. The maximum absolute atomic E-state index is 12.2. The molecule has 0 aliphatic carbocycles. The van der Waals surface area contributed by atoms with Crippen LogP contribution in [0.1, 0.15) is 11.4 Å². The number of hydrogen-bond donors (Lipinski definition) is 0. The number of rotatable bonds is 3. The van der Waals surface area contributed by atoms with E-state index in [1.807, 2.05) is 50.4 Å². The van der Waals surface area contributed by atoms with E-state index in [-0.39, 0.29) is 5.69 Å². The second kappa shape index (κ2) is 6.39. The first kappa shape index (κ1) is 17.0. The van der Waals surface area contributed by atoms with Gasteiger partial charge in [0.15, 0.2) is 5.69 Å². The normalized spacial score (nSPS) is 11.7. The van der Waals surface area contributed by atoms with E-state index >= 15 is 0 Å². The van der Waals surface area contributed by atoms with Crippen LogP contribution in [-0.4, -0.2) is 17.8 Å². The molecule has 0 aliphatic heterocycles. The van der Waals surface area contributed by atoms with Crippen LogP contribution >= 0.6 is 0 Å². The zero-order chi connectivity index (χ0) is 19.1. The molecule has 0 unspecified atom stereocenters. The van der Waals surface area contributed by atoms with Crippen LogP contribution in [0.3, 0.4) is 0 Å². The summed E-state index contributed by atoms with van der Waals surface area (Å²) in [6.07, 6.45) is 1.70. The van der Waals surface area contributed by atoms with Gasteiger partial charge in [-0.05, 0) is 31.2 Å². The lowest BCUT2D eigenvalue weighted by Gasteiger charge is -2.12. The average molecular weight is 361 g/mol. The first-order valence-corrected chi connectivity index (χ1v) is 8.71. The number of furan rings is 1. The van der Waals surface area contributed by atoms with Gasteiger partial charge in [0, 0.05) is 23.9 Å². The average Bonchev–Trinajstić information content (AvgIpc) is 3.05. The van der Waals surface area contributed by atoms with E-state index in [0.717, 1.165) is 39.0 Å². The van der Waals surface area contributed by atoms with Crippen molar-refractivity contribution in [1.82, 2.24) is 4.57 Å². The molecule has 0 aliphatic rings. The Morgan fingerprint density at radius 1 is 1.11 bits per heavy atom. The molecule has 0 N–H and O–H groups in total. The van der Waals surface area contributed by atoms with Crippen LogP contribution in [0.25, 0.3) is 21.9 Å². The lowest BCUT2D eigenvalue weighted by atomic mass is 10.1. The number of nitrogens with zero attached hydrogens (tertiary/aromatic N) is 4. The minimum Gasteiger partial charge on any atom is -0.456 e. The number of para-hydroxylation sites is 1. The quantitative estimate of drug-likeness (QED) is 0.320. The molecule has 4 aromatic rings. The van der Waals surface area contributed by atoms with Gasteiger partial charge in [-0.25, -0.2) is 0 Å². The predicted octanol–water partition coefficient (Wildman–Crippen LogP) is 2.89. The molecular formula is C21H21N4O2+. The molecular weight excluding hydrogens is 340 g/mol. The molecule has 0 fully saturated rings. The Kier molecular flexibility index (Phi) is 4.03. The fraction of sp³-hybridized carbons (Fsp3) is 0.190. The topological polar surface area (TPSA) is 54.6 Å². The van der Waals surface area contributed by atoms with Gasteiger partial charge in [0.25, 0.3) is 0 Å². The molecule has 0 spiro atoms. The van der Waals surface area contributed by atoms with Crippen molar-refractivity contribution in [3.05, 3.63) is 70.4 Å². The Bertz CT molecular complexity index is 1250. The highest BCUT2D eigenvalue weighted by Crippen LogP contribution is 2.31. The van der Waals surface area contributed by atoms with Crippen LogP contribution in [0.5, 0.6) is 0 Å². The lowest BCUT2D eigenvalue weighted by Crippen LogP contribution is -2.54. The van der Waals surface area contributed by atoms with Gasteiger partial charge in [0.1, 0.15) is 16.9 Å². The SMILES string of the molecule is Cc1cc(C=NN(C)c2ccc3oc4ccccc4c3c2)[n+](C)c(=O)n1C. The molecule has 0 saturated heterocycles. The van der Waals surface area contributed by atoms with E-state index in [9.17, 15) is 4.79 Å². The number of aryl methyl sites for hydroxylation is 1. The summed E-state index contributed by atoms with van der Waals surface area (Å²) in [4.78, 5) is 12.2. The maximum atomic E-state index is 12.2. The monoisotopic (exact) mass is 361 g/mol. The van der Waals surface area contributed by atoms with Crippen LogP contribution in [0.4, 0.5) is 5.69 Å². The third kappa shape index (κ3) is 2.89. The van der Waals surface area contributed by atoms with Gasteiger partial charge in [0.2, 0.25) is 0 Å². The van der Waals surface area contributed by atoms with Gasteiger partial charge in [0.05, 0.1) is 26.0 Å². The van der Waals surface area contributed by atoms with Crippen LogP contribution in [0, 0.1) is 6.92 Å². The second-order valence-corrected chi connectivity index (χ2v) is 6.66. The standard InChI is InChI=1S/C21H21N4O2/c1-14-11-16(24(3)21(26)23(14)2)13-22-25(4)15-9-10-20-18(12-15)17-7-5-6-8-19(17)27-20/h5-13H,1-4H3/q+1. The fourth-order valence-corrected chi connectivity index (χ4v) is 3.15. The van der Waals surface area contributed by atoms with Gasteiger partial charge in [-0.15, -0.1) is 0 Å². The van der Waals surface area contributed by atoms with Gasteiger partial charge >= 0.3 is 5.69 Å². The fourth-order valence-electron chi connectivity index (χ4n) is 3.15. The zero-order valence-corrected chi connectivity index (χ0v) is 15.8. The minimum absolute atomic E-state index is 0.0783. The van der Waals surface area contributed by atoms with E-state index < -0.39 is 0 Å². The van der Waals surface area contributed by atoms with Gasteiger partial charge in [-0.1, -0.05) is 18.2 Å². The highest BCUT2D eigenvalue weighted by atomic mass is 16.3. The molecule has 6 heteroatoms. The van der Waals surface area contributed by atoms with Crippen LogP contribution in [0.15, 0.2) is 62.8 Å². The van der Waals surface area contributed by atoms with E-state index in [2.05, 4.69) is 17.2 Å². The summed E-state index contributed by atoms with van der Waals surface area (Å²) < 4.78 is 9.06. The Labute approximate surface area is 156 Å².